The van der Waals surface area contributed by atoms with Crippen molar-refractivity contribution in [2.45, 2.75) is 13.8 Å². The number of carbonyl (C=O) groups is 1. The number of benzene rings is 1. The van der Waals surface area contributed by atoms with Gasteiger partial charge < -0.3 is 10.1 Å². The molecule has 0 saturated heterocycles. The number of rotatable bonds is 4. The van der Waals surface area contributed by atoms with Crippen molar-refractivity contribution in [1.29, 1.82) is 0 Å². The molecule has 108 valence electrons. The summed E-state index contributed by atoms with van der Waals surface area (Å²) in [6, 6.07) is 7.10. The van der Waals surface area contributed by atoms with Gasteiger partial charge in [0.2, 0.25) is 0 Å². The van der Waals surface area contributed by atoms with Crippen molar-refractivity contribution < 1.29 is 13.9 Å². The Hall–Kier alpha value is -2.69. The minimum absolute atomic E-state index is 0.216. The number of carbonyl (C=O) groups excluding carboxylic acids is 1. The zero-order valence-electron chi connectivity index (χ0n) is 11.8. The lowest BCUT2D eigenvalue weighted by Gasteiger charge is -2.08. The SMILES string of the molecule is C=C(F)Oc1cccc(C(=O)Nc2cnc(C)c(C)c2)c1. The molecule has 0 spiro atoms. The van der Waals surface area contributed by atoms with Crippen molar-refractivity contribution >= 4 is 11.6 Å². The Bertz CT molecular complexity index is 698. The highest BCUT2D eigenvalue weighted by atomic mass is 19.1. The number of ether oxygens (including phenoxy) is 1. The third kappa shape index (κ3) is 3.89. The molecule has 0 fully saturated rings. The first-order chi connectivity index (χ1) is 9.95. The van der Waals surface area contributed by atoms with Crippen molar-refractivity contribution in [3.63, 3.8) is 0 Å². The molecule has 2 rings (SSSR count). The molecule has 0 saturated carbocycles. The lowest BCUT2D eigenvalue weighted by atomic mass is 10.2. The van der Waals surface area contributed by atoms with E-state index in [0.717, 1.165) is 11.3 Å². The number of pyridine rings is 1. The van der Waals surface area contributed by atoms with Gasteiger partial charge in [0, 0.05) is 11.3 Å². The van der Waals surface area contributed by atoms with Gasteiger partial charge in [0.05, 0.1) is 11.9 Å². The average Bonchev–Trinajstić information content (AvgIpc) is 2.42. The van der Waals surface area contributed by atoms with Crippen molar-refractivity contribution in [3.8, 4) is 5.75 Å². The van der Waals surface area contributed by atoms with Crippen LogP contribution in [0, 0.1) is 13.8 Å². The van der Waals surface area contributed by atoms with Crippen molar-refractivity contribution in [2.75, 3.05) is 5.32 Å². The summed E-state index contributed by atoms with van der Waals surface area (Å²) < 4.78 is 17.4. The van der Waals surface area contributed by atoms with E-state index in [1.807, 2.05) is 19.9 Å². The van der Waals surface area contributed by atoms with Crippen molar-refractivity contribution in [2.24, 2.45) is 0 Å². The fourth-order valence-electron chi connectivity index (χ4n) is 1.74. The summed E-state index contributed by atoms with van der Waals surface area (Å²) in [6.45, 7) is 6.82. The first kappa shape index (κ1) is 14.7. The van der Waals surface area contributed by atoms with E-state index in [-0.39, 0.29) is 11.7 Å². The number of hydrogen-bond donors (Lipinski definition) is 1. The van der Waals surface area contributed by atoms with Gasteiger partial charge in [-0.1, -0.05) is 6.07 Å². The fraction of sp³-hybridized carbons (Fsp3) is 0.125. The van der Waals surface area contributed by atoms with E-state index in [0.29, 0.717) is 11.3 Å². The third-order valence-electron chi connectivity index (χ3n) is 2.92. The molecule has 0 aliphatic carbocycles. The maximum atomic E-state index is 12.6. The van der Waals surface area contributed by atoms with E-state index < -0.39 is 6.01 Å². The average molecular weight is 286 g/mol. The zero-order valence-corrected chi connectivity index (χ0v) is 11.8. The Labute approximate surface area is 122 Å². The molecule has 1 aromatic heterocycles. The minimum atomic E-state index is -0.925. The first-order valence-electron chi connectivity index (χ1n) is 6.32. The summed E-state index contributed by atoms with van der Waals surface area (Å²) in [7, 11) is 0. The molecule has 1 amide bonds. The first-order valence-corrected chi connectivity index (χ1v) is 6.32. The molecule has 21 heavy (non-hydrogen) atoms. The smallest absolute Gasteiger partial charge is 0.270 e. The Balaban J connectivity index is 2.16. The number of anilines is 1. The Kier molecular flexibility index (Phi) is 4.33. The van der Waals surface area contributed by atoms with E-state index in [4.69, 9.17) is 4.74 Å². The topological polar surface area (TPSA) is 51.2 Å². The van der Waals surface area contributed by atoms with Gasteiger partial charge in [0.25, 0.3) is 11.9 Å². The number of aromatic nitrogens is 1. The van der Waals surface area contributed by atoms with Crippen LogP contribution < -0.4 is 10.1 Å². The maximum Gasteiger partial charge on any atom is 0.270 e. The molecule has 1 N–H and O–H groups in total. The molecule has 0 unspecified atom stereocenters. The van der Waals surface area contributed by atoms with Gasteiger partial charge >= 0.3 is 0 Å². The van der Waals surface area contributed by atoms with Gasteiger partial charge in [-0.05, 0) is 50.3 Å². The van der Waals surface area contributed by atoms with E-state index in [9.17, 15) is 9.18 Å². The second-order valence-corrected chi connectivity index (χ2v) is 4.57. The standard InChI is InChI=1S/C16H15FN2O2/c1-10-7-14(9-18-11(10)2)19-16(20)13-5-4-6-15(8-13)21-12(3)17/h4-9H,3H2,1-2H3,(H,19,20). The summed E-state index contributed by atoms with van der Waals surface area (Å²) in [5, 5.41) is 2.73. The summed E-state index contributed by atoms with van der Waals surface area (Å²) in [5.74, 6) is -0.108. The highest BCUT2D eigenvalue weighted by Gasteiger charge is 2.09. The fourth-order valence-corrected chi connectivity index (χ4v) is 1.74. The second kappa shape index (κ2) is 6.17. The molecule has 1 heterocycles. The van der Waals surface area contributed by atoms with E-state index in [1.165, 1.54) is 6.07 Å². The third-order valence-corrected chi connectivity index (χ3v) is 2.92. The largest absolute Gasteiger partial charge is 0.432 e. The molecule has 2 aromatic rings. The number of hydrogen-bond acceptors (Lipinski definition) is 3. The normalized spacial score (nSPS) is 10.0. The molecular formula is C16H15FN2O2. The monoisotopic (exact) mass is 286 g/mol. The second-order valence-electron chi connectivity index (χ2n) is 4.57. The Morgan fingerprint density at radius 3 is 2.76 bits per heavy atom. The van der Waals surface area contributed by atoms with Crippen LogP contribution in [0.4, 0.5) is 10.1 Å². The van der Waals surface area contributed by atoms with Crippen LogP contribution >= 0.6 is 0 Å². The summed E-state index contributed by atoms with van der Waals surface area (Å²) >= 11 is 0. The van der Waals surface area contributed by atoms with Crippen LogP contribution in [0.25, 0.3) is 0 Å². The molecule has 0 atom stereocenters. The van der Waals surface area contributed by atoms with Crippen molar-refractivity contribution in [3.05, 3.63) is 65.9 Å². The van der Waals surface area contributed by atoms with Gasteiger partial charge in [0.1, 0.15) is 5.75 Å². The molecular weight excluding hydrogens is 271 g/mol. The quantitative estimate of drug-likeness (QED) is 0.870. The van der Waals surface area contributed by atoms with Gasteiger partial charge in [-0.2, -0.15) is 4.39 Å². The highest BCUT2D eigenvalue weighted by molar-refractivity contribution is 6.04. The van der Waals surface area contributed by atoms with Crippen LogP contribution in [0.2, 0.25) is 0 Å². The number of nitrogens with zero attached hydrogens (tertiary/aromatic N) is 1. The predicted molar refractivity (Wildman–Crippen MR) is 79.0 cm³/mol. The maximum absolute atomic E-state index is 12.6. The van der Waals surface area contributed by atoms with Crippen molar-refractivity contribution in [1.82, 2.24) is 4.98 Å². The number of amides is 1. The van der Waals surface area contributed by atoms with E-state index >= 15 is 0 Å². The molecule has 0 radical (unpaired) electrons. The molecule has 0 aliphatic heterocycles. The number of nitrogens with one attached hydrogen (secondary N) is 1. The van der Waals surface area contributed by atoms with E-state index in [2.05, 4.69) is 16.9 Å². The van der Waals surface area contributed by atoms with Crippen LogP contribution in [-0.2, 0) is 0 Å². The van der Waals surface area contributed by atoms with E-state index in [1.54, 1.807) is 24.4 Å². The minimum Gasteiger partial charge on any atom is -0.432 e. The number of halogens is 1. The highest BCUT2D eigenvalue weighted by Crippen LogP contribution is 2.18. The number of aryl methyl sites for hydroxylation is 2. The van der Waals surface area contributed by atoms with Crippen LogP contribution in [0.3, 0.4) is 0 Å². The van der Waals surface area contributed by atoms with Gasteiger partial charge in [-0.3, -0.25) is 9.78 Å². The lowest BCUT2D eigenvalue weighted by molar-refractivity contribution is 0.102. The van der Waals surface area contributed by atoms with Gasteiger partial charge in [-0.25, -0.2) is 0 Å². The molecule has 0 bridgehead atoms. The summed E-state index contributed by atoms with van der Waals surface area (Å²) in [4.78, 5) is 16.3. The molecule has 0 aliphatic rings. The summed E-state index contributed by atoms with van der Waals surface area (Å²) in [6.07, 6.45) is 1.59. The zero-order chi connectivity index (χ0) is 15.4. The Morgan fingerprint density at radius 2 is 2.10 bits per heavy atom. The van der Waals surface area contributed by atoms with Crippen LogP contribution in [0.15, 0.2) is 49.1 Å². The van der Waals surface area contributed by atoms with Gasteiger partial charge in [-0.15, -0.1) is 0 Å². The van der Waals surface area contributed by atoms with Crippen LogP contribution in [0.5, 0.6) is 5.75 Å². The van der Waals surface area contributed by atoms with Gasteiger partial charge in [0.15, 0.2) is 0 Å². The summed E-state index contributed by atoms with van der Waals surface area (Å²) in [5.41, 5.74) is 2.85. The predicted octanol–water partition coefficient (Wildman–Crippen LogP) is 3.77. The van der Waals surface area contributed by atoms with Crippen LogP contribution in [-0.4, -0.2) is 10.9 Å². The van der Waals surface area contributed by atoms with Crippen LogP contribution in [0.1, 0.15) is 21.6 Å². The Morgan fingerprint density at radius 1 is 1.33 bits per heavy atom. The molecule has 1 aromatic carbocycles. The lowest BCUT2D eigenvalue weighted by Crippen LogP contribution is -2.12. The molecule has 4 nitrogen and oxygen atoms in total. The molecule has 5 heteroatoms.